The van der Waals surface area contributed by atoms with Crippen molar-refractivity contribution in [2.24, 2.45) is 0 Å². The van der Waals surface area contributed by atoms with Crippen LogP contribution in [0.4, 0.5) is 0 Å². The Hall–Kier alpha value is -0.340. The Balaban J connectivity index is 2.69. The van der Waals surface area contributed by atoms with Gasteiger partial charge in [0.25, 0.3) is 0 Å². The van der Waals surface area contributed by atoms with E-state index < -0.39 is 35.8 Å². The summed E-state index contributed by atoms with van der Waals surface area (Å²) in [7, 11) is 0. The first-order chi connectivity index (χ1) is 6.49. The third-order valence-corrected chi connectivity index (χ3v) is 2.91. The van der Waals surface area contributed by atoms with Gasteiger partial charge in [-0.25, -0.2) is 4.79 Å². The lowest BCUT2D eigenvalue weighted by Crippen LogP contribution is -2.42. The molecular formula is C7H12O6S. The van der Waals surface area contributed by atoms with Crippen LogP contribution in [-0.4, -0.2) is 62.5 Å². The summed E-state index contributed by atoms with van der Waals surface area (Å²) in [5.41, 5.74) is -0.705. The third kappa shape index (κ3) is 2.01. The average Bonchev–Trinajstić information content (AvgIpc) is 2.43. The van der Waals surface area contributed by atoms with Crippen LogP contribution in [0, 0.1) is 0 Å². The van der Waals surface area contributed by atoms with E-state index in [-0.39, 0.29) is 0 Å². The number of rotatable bonds is 3. The minimum absolute atomic E-state index is 0.705. The monoisotopic (exact) mass is 224 g/mol. The molecule has 1 aliphatic heterocycles. The maximum atomic E-state index is 10.4. The Kier molecular flexibility index (Phi) is 3.73. The second-order valence-electron chi connectivity index (χ2n) is 2.97. The molecule has 1 aliphatic rings. The van der Waals surface area contributed by atoms with Gasteiger partial charge in [0.2, 0.25) is 0 Å². The Morgan fingerprint density at radius 1 is 1.43 bits per heavy atom. The molecule has 0 aromatic heterocycles. The SMILES string of the molecule is CSC1O[C@H]([C@H](O)C(=O)O)[C@H](O)[C@H]1O. The molecule has 0 spiro atoms. The molecule has 0 amide bonds. The van der Waals surface area contributed by atoms with Gasteiger partial charge >= 0.3 is 5.97 Å². The number of aliphatic carboxylic acids is 1. The summed E-state index contributed by atoms with van der Waals surface area (Å²) in [5, 5.41) is 36.3. The number of hydrogen-bond acceptors (Lipinski definition) is 6. The zero-order valence-electron chi connectivity index (χ0n) is 7.40. The molecule has 0 aromatic carbocycles. The third-order valence-electron chi connectivity index (χ3n) is 2.05. The highest BCUT2D eigenvalue weighted by Gasteiger charge is 2.47. The highest BCUT2D eigenvalue weighted by atomic mass is 32.2. The van der Waals surface area contributed by atoms with Gasteiger partial charge in [0.1, 0.15) is 23.7 Å². The summed E-state index contributed by atoms with van der Waals surface area (Å²) in [6.07, 6.45) is -4.00. The molecule has 1 unspecified atom stereocenters. The molecular weight excluding hydrogens is 212 g/mol. The van der Waals surface area contributed by atoms with Crippen molar-refractivity contribution in [3.05, 3.63) is 0 Å². The topological polar surface area (TPSA) is 107 Å². The zero-order valence-corrected chi connectivity index (χ0v) is 8.22. The average molecular weight is 224 g/mol. The minimum atomic E-state index is -1.82. The Morgan fingerprint density at radius 2 is 2.00 bits per heavy atom. The van der Waals surface area contributed by atoms with Gasteiger partial charge < -0.3 is 25.2 Å². The molecule has 0 bridgehead atoms. The molecule has 82 valence electrons. The van der Waals surface area contributed by atoms with Gasteiger partial charge in [-0.15, -0.1) is 11.8 Å². The molecule has 14 heavy (non-hydrogen) atoms. The van der Waals surface area contributed by atoms with Crippen LogP contribution in [0.2, 0.25) is 0 Å². The van der Waals surface area contributed by atoms with Gasteiger partial charge in [-0.1, -0.05) is 0 Å². The number of ether oxygens (including phenoxy) is 1. The number of aliphatic hydroxyl groups is 3. The fourth-order valence-electron chi connectivity index (χ4n) is 1.27. The van der Waals surface area contributed by atoms with Crippen molar-refractivity contribution < 1.29 is 30.0 Å². The largest absolute Gasteiger partial charge is 0.479 e. The summed E-state index contributed by atoms with van der Waals surface area (Å²) in [6, 6.07) is 0. The number of carboxylic acid groups (broad SMARTS) is 1. The molecule has 0 aromatic rings. The standard InChI is InChI=1S/C7H12O6S/c1-14-7-3(9)2(8)5(13-7)4(10)6(11)12/h2-5,7-10H,1H3,(H,11,12)/t2-,3-,4+,5+,7?/m1/s1. The number of aliphatic hydroxyl groups excluding tert-OH is 3. The van der Waals surface area contributed by atoms with Crippen LogP contribution in [0.15, 0.2) is 0 Å². The zero-order chi connectivity index (χ0) is 10.9. The Morgan fingerprint density at radius 3 is 2.36 bits per heavy atom. The molecule has 6 nitrogen and oxygen atoms in total. The smallest absolute Gasteiger partial charge is 0.335 e. The maximum absolute atomic E-state index is 10.4. The quantitative estimate of drug-likeness (QED) is 0.450. The van der Waals surface area contributed by atoms with E-state index in [0.29, 0.717) is 0 Å². The van der Waals surface area contributed by atoms with E-state index in [2.05, 4.69) is 0 Å². The first-order valence-electron chi connectivity index (χ1n) is 3.94. The molecule has 0 radical (unpaired) electrons. The summed E-state index contributed by atoms with van der Waals surface area (Å²) < 4.78 is 4.99. The highest BCUT2D eigenvalue weighted by molar-refractivity contribution is 7.99. The second kappa shape index (κ2) is 4.45. The van der Waals surface area contributed by atoms with E-state index in [4.69, 9.17) is 14.9 Å². The molecule has 1 heterocycles. The Bertz CT molecular complexity index is 222. The lowest BCUT2D eigenvalue weighted by atomic mass is 10.1. The van der Waals surface area contributed by atoms with Gasteiger partial charge in [0, 0.05) is 0 Å². The fraction of sp³-hybridized carbons (Fsp3) is 0.857. The summed E-state index contributed by atoms with van der Waals surface area (Å²) >= 11 is 1.14. The minimum Gasteiger partial charge on any atom is -0.479 e. The van der Waals surface area contributed by atoms with Crippen LogP contribution in [0.3, 0.4) is 0 Å². The van der Waals surface area contributed by atoms with Gasteiger partial charge in [-0.05, 0) is 6.26 Å². The highest BCUT2D eigenvalue weighted by Crippen LogP contribution is 2.29. The molecule has 5 atom stereocenters. The van der Waals surface area contributed by atoms with Crippen LogP contribution in [-0.2, 0) is 9.53 Å². The van der Waals surface area contributed by atoms with E-state index in [1.165, 1.54) is 0 Å². The predicted molar refractivity (Wildman–Crippen MR) is 47.8 cm³/mol. The van der Waals surface area contributed by atoms with Crippen molar-refractivity contribution in [3.8, 4) is 0 Å². The van der Waals surface area contributed by atoms with Crippen LogP contribution in [0.1, 0.15) is 0 Å². The molecule has 7 heteroatoms. The molecule has 1 fully saturated rings. The normalized spacial score (nSPS) is 39.7. The van der Waals surface area contributed by atoms with E-state index in [9.17, 15) is 15.0 Å². The van der Waals surface area contributed by atoms with Crippen molar-refractivity contribution in [2.45, 2.75) is 29.9 Å². The second-order valence-corrected chi connectivity index (χ2v) is 3.91. The molecule has 0 saturated carbocycles. The van der Waals surface area contributed by atoms with Crippen LogP contribution < -0.4 is 0 Å². The van der Waals surface area contributed by atoms with E-state index in [1.807, 2.05) is 0 Å². The lowest BCUT2D eigenvalue weighted by Gasteiger charge is -2.16. The van der Waals surface area contributed by atoms with E-state index in [1.54, 1.807) is 6.26 Å². The summed E-state index contributed by atoms with van der Waals surface area (Å²) in [6.45, 7) is 0. The van der Waals surface area contributed by atoms with E-state index >= 15 is 0 Å². The van der Waals surface area contributed by atoms with Crippen molar-refractivity contribution >= 4 is 17.7 Å². The van der Waals surface area contributed by atoms with Gasteiger partial charge in [-0.3, -0.25) is 0 Å². The van der Waals surface area contributed by atoms with Gasteiger partial charge in [0.15, 0.2) is 6.10 Å². The van der Waals surface area contributed by atoms with Crippen molar-refractivity contribution in [1.82, 2.24) is 0 Å². The van der Waals surface area contributed by atoms with Crippen molar-refractivity contribution in [2.75, 3.05) is 6.26 Å². The van der Waals surface area contributed by atoms with Crippen molar-refractivity contribution in [3.63, 3.8) is 0 Å². The van der Waals surface area contributed by atoms with Gasteiger partial charge in [0.05, 0.1) is 0 Å². The summed E-state index contributed by atoms with van der Waals surface area (Å²) in [5.74, 6) is -1.48. The predicted octanol–water partition coefficient (Wildman–Crippen LogP) is -1.76. The number of carbonyl (C=O) groups is 1. The molecule has 1 rings (SSSR count). The van der Waals surface area contributed by atoms with Crippen molar-refractivity contribution in [1.29, 1.82) is 0 Å². The first-order valence-corrected chi connectivity index (χ1v) is 5.23. The maximum Gasteiger partial charge on any atom is 0.335 e. The first kappa shape index (κ1) is 11.7. The molecule has 1 saturated heterocycles. The summed E-state index contributed by atoms with van der Waals surface area (Å²) in [4.78, 5) is 10.4. The Labute approximate surface area is 84.5 Å². The number of thioether (sulfide) groups is 1. The molecule has 0 aliphatic carbocycles. The number of carboxylic acids is 1. The van der Waals surface area contributed by atoms with E-state index in [0.717, 1.165) is 11.8 Å². The van der Waals surface area contributed by atoms with Gasteiger partial charge in [-0.2, -0.15) is 0 Å². The van der Waals surface area contributed by atoms with Crippen LogP contribution >= 0.6 is 11.8 Å². The number of hydrogen-bond donors (Lipinski definition) is 4. The fourth-order valence-corrected chi connectivity index (χ4v) is 1.95. The van der Waals surface area contributed by atoms with Crippen LogP contribution in [0.5, 0.6) is 0 Å². The van der Waals surface area contributed by atoms with Crippen LogP contribution in [0.25, 0.3) is 0 Å². The molecule has 4 N–H and O–H groups in total. The lowest BCUT2D eigenvalue weighted by molar-refractivity contribution is -0.157.